The molecule has 1 fully saturated rings. The molecule has 0 bridgehead atoms. The van der Waals surface area contributed by atoms with Gasteiger partial charge < -0.3 is 15.8 Å². The summed E-state index contributed by atoms with van der Waals surface area (Å²) in [7, 11) is 0. The second kappa shape index (κ2) is 6.36. The van der Waals surface area contributed by atoms with E-state index >= 15 is 0 Å². The minimum atomic E-state index is 0.137. The van der Waals surface area contributed by atoms with Gasteiger partial charge >= 0.3 is 0 Å². The van der Waals surface area contributed by atoms with Crippen molar-refractivity contribution in [3.05, 3.63) is 0 Å². The first-order valence-electron chi connectivity index (χ1n) is 6.56. The molecule has 100 valence electrons. The third-order valence-electron chi connectivity index (χ3n) is 3.57. The van der Waals surface area contributed by atoms with E-state index in [1.807, 2.05) is 6.92 Å². The van der Waals surface area contributed by atoms with E-state index in [0.29, 0.717) is 13.0 Å². The highest BCUT2D eigenvalue weighted by atomic mass is 16.5. The van der Waals surface area contributed by atoms with Crippen molar-refractivity contribution in [2.24, 2.45) is 11.1 Å². The van der Waals surface area contributed by atoms with Crippen LogP contribution < -0.4 is 11.1 Å². The molecule has 4 heteroatoms. The maximum atomic E-state index is 11.8. The highest BCUT2D eigenvalue weighted by Crippen LogP contribution is 2.25. The normalized spacial score (nSPS) is 24.9. The van der Waals surface area contributed by atoms with E-state index in [0.717, 1.165) is 25.9 Å². The Hall–Kier alpha value is -0.610. The first kappa shape index (κ1) is 14.5. The van der Waals surface area contributed by atoms with Gasteiger partial charge in [-0.05, 0) is 38.1 Å². The van der Waals surface area contributed by atoms with E-state index < -0.39 is 0 Å². The Labute approximate surface area is 104 Å². The van der Waals surface area contributed by atoms with Crippen LogP contribution in [0.25, 0.3) is 0 Å². The van der Waals surface area contributed by atoms with Gasteiger partial charge in [-0.25, -0.2) is 0 Å². The van der Waals surface area contributed by atoms with Crippen molar-refractivity contribution < 1.29 is 9.53 Å². The van der Waals surface area contributed by atoms with Crippen molar-refractivity contribution in [3.8, 4) is 0 Å². The summed E-state index contributed by atoms with van der Waals surface area (Å²) in [6.45, 7) is 7.77. The number of hydrogen-bond acceptors (Lipinski definition) is 3. The van der Waals surface area contributed by atoms with Crippen LogP contribution in [-0.2, 0) is 9.53 Å². The fourth-order valence-electron chi connectivity index (χ4n) is 2.17. The molecule has 17 heavy (non-hydrogen) atoms. The van der Waals surface area contributed by atoms with E-state index in [4.69, 9.17) is 10.5 Å². The summed E-state index contributed by atoms with van der Waals surface area (Å²) in [6.07, 6.45) is 3.51. The highest BCUT2D eigenvalue weighted by molar-refractivity contribution is 5.76. The Balaban J connectivity index is 2.25. The van der Waals surface area contributed by atoms with Crippen LogP contribution in [0, 0.1) is 5.41 Å². The van der Waals surface area contributed by atoms with Crippen LogP contribution in [0.15, 0.2) is 0 Å². The topological polar surface area (TPSA) is 64.3 Å². The Morgan fingerprint density at radius 1 is 1.47 bits per heavy atom. The Kier molecular flexibility index (Phi) is 5.40. The average molecular weight is 242 g/mol. The summed E-state index contributed by atoms with van der Waals surface area (Å²) in [6, 6.07) is 0.195. The maximum Gasteiger partial charge on any atom is 0.220 e. The van der Waals surface area contributed by atoms with Crippen molar-refractivity contribution >= 4 is 5.91 Å². The summed E-state index contributed by atoms with van der Waals surface area (Å²) < 4.78 is 5.42. The Morgan fingerprint density at radius 2 is 2.18 bits per heavy atom. The summed E-state index contributed by atoms with van der Waals surface area (Å²) in [5, 5.41) is 3.05. The minimum Gasteiger partial charge on any atom is -0.376 e. The van der Waals surface area contributed by atoms with E-state index in [1.54, 1.807) is 0 Å². The van der Waals surface area contributed by atoms with Crippen molar-refractivity contribution in [1.82, 2.24) is 5.32 Å². The monoisotopic (exact) mass is 242 g/mol. The van der Waals surface area contributed by atoms with Crippen molar-refractivity contribution in [2.75, 3.05) is 13.2 Å². The molecule has 1 heterocycles. The fourth-order valence-corrected chi connectivity index (χ4v) is 2.17. The quantitative estimate of drug-likeness (QED) is 0.740. The second-order valence-corrected chi connectivity index (χ2v) is 5.74. The number of amides is 1. The lowest BCUT2D eigenvalue weighted by atomic mass is 9.84. The third-order valence-corrected chi connectivity index (χ3v) is 3.57. The van der Waals surface area contributed by atoms with Crippen LogP contribution in [0.4, 0.5) is 0 Å². The van der Waals surface area contributed by atoms with Crippen molar-refractivity contribution in [3.63, 3.8) is 0 Å². The molecule has 0 saturated carbocycles. The van der Waals surface area contributed by atoms with Crippen LogP contribution in [-0.4, -0.2) is 31.2 Å². The number of hydrogen-bond donors (Lipinski definition) is 2. The molecule has 4 nitrogen and oxygen atoms in total. The SMILES string of the molecule is CC1OCCC1NC(=O)CCC(C)(C)CCN. The number of rotatable bonds is 6. The first-order chi connectivity index (χ1) is 7.94. The van der Waals surface area contributed by atoms with Crippen LogP contribution in [0.5, 0.6) is 0 Å². The lowest BCUT2D eigenvalue weighted by molar-refractivity contribution is -0.122. The largest absolute Gasteiger partial charge is 0.376 e. The molecule has 2 atom stereocenters. The Morgan fingerprint density at radius 3 is 2.71 bits per heavy atom. The predicted molar refractivity (Wildman–Crippen MR) is 68.6 cm³/mol. The van der Waals surface area contributed by atoms with Gasteiger partial charge in [-0.15, -0.1) is 0 Å². The van der Waals surface area contributed by atoms with Crippen molar-refractivity contribution in [2.45, 2.75) is 58.6 Å². The molecule has 0 radical (unpaired) electrons. The average Bonchev–Trinajstić information content (AvgIpc) is 2.62. The molecule has 1 aliphatic rings. The van der Waals surface area contributed by atoms with Gasteiger partial charge in [-0.1, -0.05) is 13.8 Å². The zero-order valence-corrected chi connectivity index (χ0v) is 11.3. The summed E-state index contributed by atoms with van der Waals surface area (Å²) in [4.78, 5) is 11.8. The van der Waals surface area contributed by atoms with Crippen LogP contribution >= 0.6 is 0 Å². The standard InChI is InChI=1S/C13H26N2O2/c1-10-11(5-9-17-10)15-12(16)4-6-13(2,3)7-8-14/h10-11H,4-9,14H2,1-3H3,(H,15,16). The van der Waals surface area contributed by atoms with Crippen LogP contribution in [0.3, 0.4) is 0 Å². The number of ether oxygens (including phenoxy) is 1. The molecule has 1 saturated heterocycles. The molecular weight excluding hydrogens is 216 g/mol. The van der Waals surface area contributed by atoms with Gasteiger partial charge in [0, 0.05) is 13.0 Å². The number of carbonyl (C=O) groups is 1. The molecule has 1 amide bonds. The Bertz CT molecular complexity index is 254. The van der Waals surface area contributed by atoms with Gasteiger partial charge in [0.05, 0.1) is 12.1 Å². The molecule has 2 unspecified atom stereocenters. The molecule has 1 rings (SSSR count). The third kappa shape index (κ3) is 5.04. The van der Waals surface area contributed by atoms with Gasteiger partial charge in [0.2, 0.25) is 5.91 Å². The molecule has 0 aromatic carbocycles. The zero-order valence-electron chi connectivity index (χ0n) is 11.3. The first-order valence-corrected chi connectivity index (χ1v) is 6.56. The maximum absolute atomic E-state index is 11.8. The van der Waals surface area contributed by atoms with E-state index in [2.05, 4.69) is 19.2 Å². The second-order valence-electron chi connectivity index (χ2n) is 5.74. The smallest absolute Gasteiger partial charge is 0.220 e. The van der Waals surface area contributed by atoms with Gasteiger partial charge in [0.1, 0.15) is 0 Å². The van der Waals surface area contributed by atoms with Gasteiger partial charge in [0.25, 0.3) is 0 Å². The van der Waals surface area contributed by atoms with Crippen molar-refractivity contribution in [1.29, 1.82) is 0 Å². The predicted octanol–water partition coefficient (Wildman–Crippen LogP) is 1.44. The highest BCUT2D eigenvalue weighted by Gasteiger charge is 2.26. The van der Waals surface area contributed by atoms with E-state index in [9.17, 15) is 4.79 Å². The van der Waals surface area contributed by atoms with Crippen LogP contribution in [0.2, 0.25) is 0 Å². The van der Waals surface area contributed by atoms with E-state index in [1.165, 1.54) is 0 Å². The minimum absolute atomic E-state index is 0.137. The molecule has 1 aliphatic heterocycles. The molecule has 3 N–H and O–H groups in total. The number of nitrogens with two attached hydrogens (primary N) is 1. The molecule has 0 aromatic rings. The lowest BCUT2D eigenvalue weighted by Crippen LogP contribution is -2.39. The summed E-state index contributed by atoms with van der Waals surface area (Å²) >= 11 is 0. The van der Waals surface area contributed by atoms with Gasteiger partial charge in [-0.3, -0.25) is 4.79 Å². The molecule has 0 aromatic heterocycles. The molecule has 0 spiro atoms. The molecular formula is C13H26N2O2. The van der Waals surface area contributed by atoms with E-state index in [-0.39, 0.29) is 23.5 Å². The number of carbonyl (C=O) groups excluding carboxylic acids is 1. The zero-order chi connectivity index (χ0) is 12.9. The summed E-state index contributed by atoms with van der Waals surface area (Å²) in [5.41, 5.74) is 5.71. The van der Waals surface area contributed by atoms with Gasteiger partial charge in [-0.2, -0.15) is 0 Å². The lowest BCUT2D eigenvalue weighted by Gasteiger charge is -2.24. The molecule has 0 aliphatic carbocycles. The summed E-state index contributed by atoms with van der Waals surface area (Å²) in [5.74, 6) is 0.137. The number of nitrogens with one attached hydrogen (secondary N) is 1. The fraction of sp³-hybridized carbons (Fsp3) is 0.923. The van der Waals surface area contributed by atoms with Crippen LogP contribution in [0.1, 0.15) is 46.5 Å². The van der Waals surface area contributed by atoms with Gasteiger partial charge in [0.15, 0.2) is 0 Å².